The number of hydrogen-bond donors (Lipinski definition) is 0. The molecule has 0 saturated heterocycles. The number of hydrogen-bond acceptors (Lipinski definition) is 4. The van der Waals surface area contributed by atoms with E-state index in [1.54, 1.807) is 6.07 Å². The monoisotopic (exact) mass is 299 g/mol. The molecule has 0 spiro atoms. The molecular weight excluding hydrogens is 290 g/mol. The van der Waals surface area contributed by atoms with Gasteiger partial charge in [0.2, 0.25) is 0 Å². The number of nitrogens with zero attached hydrogens (tertiary/aromatic N) is 1. The summed E-state index contributed by atoms with van der Waals surface area (Å²) in [5.41, 5.74) is 1.86. The van der Waals surface area contributed by atoms with E-state index in [1.807, 2.05) is 0 Å². The summed E-state index contributed by atoms with van der Waals surface area (Å²) in [6, 6.07) is 3.25. The molecule has 0 aliphatic heterocycles. The number of fused-ring (bicyclic) bond motifs is 1. The van der Waals surface area contributed by atoms with Gasteiger partial charge in [0.1, 0.15) is 0 Å². The maximum Gasteiger partial charge on any atom is 0.309 e. The van der Waals surface area contributed by atoms with Crippen molar-refractivity contribution in [3.63, 3.8) is 0 Å². The molecule has 0 radical (unpaired) electrons. The minimum absolute atomic E-state index is 0.0364. The van der Waals surface area contributed by atoms with Gasteiger partial charge in [-0.25, -0.2) is 0 Å². The van der Waals surface area contributed by atoms with Crippen molar-refractivity contribution in [3.05, 3.63) is 37.8 Å². The highest BCUT2D eigenvalue weighted by Crippen LogP contribution is 2.35. The topological polar surface area (TPSA) is 69.4 Å². The number of rotatable bonds is 2. The van der Waals surface area contributed by atoms with Crippen molar-refractivity contribution in [3.8, 4) is 0 Å². The third kappa shape index (κ3) is 2.17. The van der Waals surface area contributed by atoms with Gasteiger partial charge in [-0.2, -0.15) is 0 Å². The van der Waals surface area contributed by atoms with E-state index in [9.17, 15) is 14.9 Å². The van der Waals surface area contributed by atoms with E-state index in [4.69, 9.17) is 0 Å². The number of benzene rings is 1. The van der Waals surface area contributed by atoms with E-state index >= 15 is 0 Å². The lowest BCUT2D eigenvalue weighted by atomic mass is 10.1. The number of halogens is 1. The van der Waals surface area contributed by atoms with Crippen LogP contribution in [-0.4, -0.2) is 18.0 Å². The van der Waals surface area contributed by atoms with Crippen molar-refractivity contribution in [2.24, 2.45) is 5.92 Å². The molecule has 17 heavy (non-hydrogen) atoms. The number of carbonyl (C=O) groups is 1. The Hall–Kier alpha value is -1.43. The zero-order valence-electron chi connectivity index (χ0n) is 9.10. The fourth-order valence-corrected chi connectivity index (χ4v) is 2.64. The predicted octanol–water partition coefficient (Wildman–Crippen LogP) is 2.25. The largest absolute Gasteiger partial charge is 0.469 e. The average Bonchev–Trinajstić information content (AvgIpc) is 2.69. The zero-order chi connectivity index (χ0) is 12.6. The van der Waals surface area contributed by atoms with E-state index in [2.05, 4.69) is 20.7 Å². The summed E-state index contributed by atoms with van der Waals surface area (Å²) in [4.78, 5) is 21.8. The smallest absolute Gasteiger partial charge is 0.309 e. The van der Waals surface area contributed by atoms with Crippen molar-refractivity contribution >= 4 is 27.6 Å². The van der Waals surface area contributed by atoms with E-state index in [-0.39, 0.29) is 17.6 Å². The summed E-state index contributed by atoms with van der Waals surface area (Å²) < 4.78 is 5.14. The fourth-order valence-electron chi connectivity index (χ4n) is 2.10. The Balaban J connectivity index is 2.33. The predicted molar refractivity (Wildman–Crippen MR) is 63.7 cm³/mol. The molecule has 1 aromatic rings. The molecule has 1 atom stereocenters. The second kappa shape index (κ2) is 4.44. The summed E-state index contributed by atoms with van der Waals surface area (Å²) in [7, 11) is 1.35. The number of nitro groups is 1. The van der Waals surface area contributed by atoms with Crippen LogP contribution in [0.5, 0.6) is 0 Å². The second-order valence-corrected chi connectivity index (χ2v) is 4.81. The molecule has 0 amide bonds. The van der Waals surface area contributed by atoms with E-state index in [1.165, 1.54) is 13.2 Å². The van der Waals surface area contributed by atoms with Gasteiger partial charge in [-0.1, -0.05) is 0 Å². The van der Waals surface area contributed by atoms with Crippen molar-refractivity contribution in [1.82, 2.24) is 0 Å². The van der Waals surface area contributed by atoms with Crippen molar-refractivity contribution in [1.29, 1.82) is 0 Å². The normalized spacial score (nSPS) is 17.6. The fraction of sp³-hybridized carbons (Fsp3) is 0.364. The molecule has 0 heterocycles. The average molecular weight is 300 g/mol. The van der Waals surface area contributed by atoms with Gasteiger partial charge in [0.25, 0.3) is 5.69 Å². The summed E-state index contributed by atoms with van der Waals surface area (Å²) in [5.74, 6) is -0.483. The van der Waals surface area contributed by atoms with Gasteiger partial charge >= 0.3 is 5.97 Å². The second-order valence-electron chi connectivity index (χ2n) is 3.96. The third-order valence-electron chi connectivity index (χ3n) is 2.93. The molecule has 1 aliphatic rings. The minimum Gasteiger partial charge on any atom is -0.469 e. The van der Waals surface area contributed by atoms with Crippen LogP contribution in [0.25, 0.3) is 0 Å². The maximum atomic E-state index is 11.4. The molecule has 0 bridgehead atoms. The number of methoxy groups -OCH3 is 1. The van der Waals surface area contributed by atoms with Crippen LogP contribution >= 0.6 is 15.9 Å². The number of carbonyl (C=O) groups excluding carboxylic acids is 1. The van der Waals surface area contributed by atoms with E-state index in [0.717, 1.165) is 11.1 Å². The van der Waals surface area contributed by atoms with Gasteiger partial charge in [0, 0.05) is 6.07 Å². The number of ether oxygens (including phenoxy) is 1. The Kier molecular flexibility index (Phi) is 3.15. The van der Waals surface area contributed by atoms with Crippen LogP contribution in [-0.2, 0) is 22.4 Å². The van der Waals surface area contributed by atoms with Gasteiger partial charge in [0.15, 0.2) is 0 Å². The van der Waals surface area contributed by atoms with Gasteiger partial charge < -0.3 is 4.74 Å². The maximum absolute atomic E-state index is 11.4. The molecular formula is C11H10BrNO4. The van der Waals surface area contributed by atoms with Crippen molar-refractivity contribution in [2.75, 3.05) is 7.11 Å². The lowest BCUT2D eigenvalue weighted by Gasteiger charge is -2.04. The first-order valence-electron chi connectivity index (χ1n) is 5.06. The Morgan fingerprint density at radius 2 is 2.06 bits per heavy atom. The highest BCUT2D eigenvalue weighted by Gasteiger charge is 2.30. The lowest BCUT2D eigenvalue weighted by Crippen LogP contribution is -2.15. The third-order valence-corrected chi connectivity index (χ3v) is 3.57. The van der Waals surface area contributed by atoms with Crippen LogP contribution in [0.1, 0.15) is 11.1 Å². The molecule has 0 saturated carbocycles. The first-order chi connectivity index (χ1) is 8.02. The molecule has 0 aromatic heterocycles. The SMILES string of the molecule is COC(=O)C1Cc2cc(Br)c([N+](=O)[O-])cc2C1. The van der Waals surface area contributed by atoms with Crippen LogP contribution in [0.2, 0.25) is 0 Å². The Morgan fingerprint density at radius 1 is 1.47 bits per heavy atom. The van der Waals surface area contributed by atoms with Crippen LogP contribution in [0.4, 0.5) is 5.69 Å². The molecule has 1 aromatic carbocycles. The standard InChI is InChI=1S/C11H10BrNO4/c1-17-11(14)8-2-6-4-9(12)10(13(15)16)5-7(6)3-8/h4-5,8H,2-3H2,1H3. The molecule has 6 heteroatoms. The highest BCUT2D eigenvalue weighted by atomic mass is 79.9. The summed E-state index contributed by atoms with van der Waals surface area (Å²) in [6.07, 6.45) is 1.09. The highest BCUT2D eigenvalue weighted by molar-refractivity contribution is 9.10. The molecule has 1 unspecified atom stereocenters. The molecule has 90 valence electrons. The number of esters is 1. The van der Waals surface area contributed by atoms with Crippen LogP contribution in [0.3, 0.4) is 0 Å². The molecule has 5 nitrogen and oxygen atoms in total. The molecule has 0 N–H and O–H groups in total. The molecule has 2 rings (SSSR count). The van der Waals surface area contributed by atoms with Crippen molar-refractivity contribution in [2.45, 2.75) is 12.8 Å². The molecule has 0 fully saturated rings. The Bertz CT molecular complexity index is 500. The molecule has 1 aliphatic carbocycles. The van der Waals surface area contributed by atoms with Crippen LogP contribution < -0.4 is 0 Å². The Morgan fingerprint density at radius 3 is 2.59 bits per heavy atom. The van der Waals surface area contributed by atoms with Crippen LogP contribution in [0, 0.1) is 16.0 Å². The first-order valence-corrected chi connectivity index (χ1v) is 5.85. The van der Waals surface area contributed by atoms with Gasteiger partial charge in [-0.05, 0) is 46.0 Å². The zero-order valence-corrected chi connectivity index (χ0v) is 10.7. The van der Waals surface area contributed by atoms with Crippen LogP contribution in [0.15, 0.2) is 16.6 Å². The summed E-state index contributed by atoms with van der Waals surface area (Å²) >= 11 is 3.17. The lowest BCUT2D eigenvalue weighted by molar-refractivity contribution is -0.385. The van der Waals surface area contributed by atoms with E-state index in [0.29, 0.717) is 17.3 Å². The minimum atomic E-state index is -0.435. The van der Waals surface area contributed by atoms with Gasteiger partial charge in [-0.3, -0.25) is 14.9 Å². The quantitative estimate of drug-likeness (QED) is 0.477. The van der Waals surface area contributed by atoms with Gasteiger partial charge in [-0.15, -0.1) is 0 Å². The summed E-state index contributed by atoms with van der Waals surface area (Å²) in [5, 5.41) is 10.8. The van der Waals surface area contributed by atoms with Crippen molar-refractivity contribution < 1.29 is 14.5 Å². The van der Waals surface area contributed by atoms with E-state index < -0.39 is 4.92 Å². The number of nitro benzene ring substituents is 1. The summed E-state index contributed by atoms with van der Waals surface area (Å²) in [6.45, 7) is 0. The van der Waals surface area contributed by atoms with Gasteiger partial charge in [0.05, 0.1) is 22.4 Å². The Labute approximate surface area is 106 Å². The first kappa shape index (κ1) is 12.0.